The van der Waals surface area contributed by atoms with Crippen molar-refractivity contribution in [3.63, 3.8) is 0 Å². The van der Waals surface area contributed by atoms with Gasteiger partial charge in [-0.1, -0.05) is 60.7 Å². The highest BCUT2D eigenvalue weighted by Crippen LogP contribution is 2.08. The molecule has 6 heteroatoms. The summed E-state index contributed by atoms with van der Waals surface area (Å²) in [6.07, 6.45) is 1.35. The lowest BCUT2D eigenvalue weighted by molar-refractivity contribution is -0.145. The number of hydrogen-bond donors (Lipinski definition) is 2. The topological polar surface area (TPSA) is 84.5 Å². The standard InChI is InChI=1S/C22H26N2O4/c1-16(25)23-20(15-18-11-7-4-8-12-18)21(26)24-19(22(27)28-2)14-13-17-9-5-3-6-10-17/h3-12,19-20H,13-15H2,1-2H3,(H,23,25)(H,24,26)/t19-,20+/m0/s1. The molecule has 2 rings (SSSR count). The van der Waals surface area contributed by atoms with Gasteiger partial charge < -0.3 is 15.4 Å². The van der Waals surface area contributed by atoms with Gasteiger partial charge in [0.2, 0.25) is 11.8 Å². The highest BCUT2D eigenvalue weighted by molar-refractivity contribution is 5.90. The molecule has 0 bridgehead atoms. The highest BCUT2D eigenvalue weighted by atomic mass is 16.5. The first-order valence-electron chi connectivity index (χ1n) is 9.22. The molecule has 148 valence electrons. The predicted molar refractivity (Wildman–Crippen MR) is 106 cm³/mol. The van der Waals surface area contributed by atoms with Crippen molar-refractivity contribution in [1.29, 1.82) is 0 Å². The van der Waals surface area contributed by atoms with Crippen molar-refractivity contribution in [2.24, 2.45) is 0 Å². The summed E-state index contributed by atoms with van der Waals surface area (Å²) in [4.78, 5) is 36.5. The molecule has 0 radical (unpaired) electrons. The van der Waals surface area contributed by atoms with Crippen LogP contribution in [0.4, 0.5) is 0 Å². The Hall–Kier alpha value is -3.15. The van der Waals surface area contributed by atoms with Gasteiger partial charge >= 0.3 is 5.97 Å². The fraction of sp³-hybridized carbons (Fsp3) is 0.318. The Balaban J connectivity index is 2.06. The number of methoxy groups -OCH3 is 1. The second kappa shape index (κ2) is 10.9. The lowest BCUT2D eigenvalue weighted by Gasteiger charge is -2.22. The third-order valence-corrected chi connectivity index (χ3v) is 4.34. The molecule has 2 amide bonds. The Kier molecular flexibility index (Phi) is 8.21. The van der Waals surface area contributed by atoms with Gasteiger partial charge in [-0.25, -0.2) is 4.79 Å². The van der Waals surface area contributed by atoms with E-state index in [2.05, 4.69) is 10.6 Å². The molecule has 0 aliphatic rings. The normalized spacial score (nSPS) is 12.5. The summed E-state index contributed by atoms with van der Waals surface area (Å²) in [5.74, 6) is -1.23. The van der Waals surface area contributed by atoms with Crippen molar-refractivity contribution in [3.8, 4) is 0 Å². The fourth-order valence-electron chi connectivity index (χ4n) is 2.92. The second-order valence-electron chi connectivity index (χ2n) is 6.55. The molecule has 0 aliphatic heterocycles. The fourth-order valence-corrected chi connectivity index (χ4v) is 2.92. The third kappa shape index (κ3) is 6.87. The number of carbonyl (C=O) groups is 3. The van der Waals surface area contributed by atoms with Crippen LogP contribution in [0.15, 0.2) is 60.7 Å². The Labute approximate surface area is 165 Å². The van der Waals surface area contributed by atoms with Gasteiger partial charge in [-0.3, -0.25) is 9.59 Å². The van der Waals surface area contributed by atoms with Gasteiger partial charge in [0, 0.05) is 13.3 Å². The number of benzene rings is 2. The van der Waals surface area contributed by atoms with Gasteiger partial charge in [-0.15, -0.1) is 0 Å². The second-order valence-corrected chi connectivity index (χ2v) is 6.55. The SMILES string of the molecule is COC(=O)[C@H](CCc1ccccc1)NC(=O)[C@@H](Cc1ccccc1)NC(C)=O. The number of amides is 2. The molecule has 0 spiro atoms. The summed E-state index contributed by atoms with van der Waals surface area (Å²) in [6.45, 7) is 1.36. The van der Waals surface area contributed by atoms with Crippen molar-refractivity contribution in [2.75, 3.05) is 7.11 Å². The van der Waals surface area contributed by atoms with Gasteiger partial charge in [0.25, 0.3) is 0 Å². The first kappa shape index (κ1) is 21.2. The van der Waals surface area contributed by atoms with E-state index in [1.807, 2.05) is 60.7 Å². The molecular formula is C22H26N2O4. The van der Waals surface area contributed by atoms with E-state index < -0.39 is 24.0 Å². The van der Waals surface area contributed by atoms with Crippen LogP contribution >= 0.6 is 0 Å². The number of aryl methyl sites for hydroxylation is 1. The summed E-state index contributed by atoms with van der Waals surface area (Å²) in [7, 11) is 1.29. The number of ether oxygens (including phenoxy) is 1. The van der Waals surface area contributed by atoms with E-state index in [4.69, 9.17) is 4.74 Å². The zero-order chi connectivity index (χ0) is 20.4. The molecule has 2 atom stereocenters. The molecule has 2 N–H and O–H groups in total. The molecule has 0 heterocycles. The summed E-state index contributed by atoms with van der Waals surface area (Å²) in [5.41, 5.74) is 1.98. The number of nitrogens with one attached hydrogen (secondary N) is 2. The number of esters is 1. The number of rotatable bonds is 9. The number of carbonyl (C=O) groups excluding carboxylic acids is 3. The molecule has 0 saturated carbocycles. The van der Waals surface area contributed by atoms with Crippen molar-refractivity contribution in [1.82, 2.24) is 10.6 Å². The van der Waals surface area contributed by atoms with Crippen molar-refractivity contribution < 1.29 is 19.1 Å². The van der Waals surface area contributed by atoms with Crippen molar-refractivity contribution in [2.45, 2.75) is 38.3 Å². The van der Waals surface area contributed by atoms with Crippen LogP contribution in [0.1, 0.15) is 24.5 Å². The highest BCUT2D eigenvalue weighted by Gasteiger charge is 2.26. The average Bonchev–Trinajstić information content (AvgIpc) is 2.71. The van der Waals surface area contributed by atoms with Crippen LogP contribution in [0, 0.1) is 0 Å². The molecule has 0 fully saturated rings. The molecule has 0 unspecified atom stereocenters. The molecule has 0 aromatic heterocycles. The molecule has 2 aromatic carbocycles. The summed E-state index contributed by atoms with van der Waals surface area (Å²) in [6, 6.07) is 17.5. The van der Waals surface area contributed by atoms with Crippen molar-refractivity contribution in [3.05, 3.63) is 71.8 Å². The Morgan fingerprint density at radius 3 is 1.96 bits per heavy atom. The van der Waals surface area contributed by atoms with Gasteiger partial charge in [-0.2, -0.15) is 0 Å². The Bertz CT molecular complexity index is 778. The quantitative estimate of drug-likeness (QED) is 0.650. The predicted octanol–water partition coefficient (Wildman–Crippen LogP) is 2.02. The minimum Gasteiger partial charge on any atom is -0.467 e. The molecule has 6 nitrogen and oxygen atoms in total. The minimum absolute atomic E-state index is 0.310. The smallest absolute Gasteiger partial charge is 0.328 e. The van der Waals surface area contributed by atoms with E-state index in [1.54, 1.807) is 0 Å². The van der Waals surface area contributed by atoms with Crippen LogP contribution in [0.3, 0.4) is 0 Å². The van der Waals surface area contributed by atoms with E-state index >= 15 is 0 Å². The van der Waals surface area contributed by atoms with Crippen LogP contribution in [-0.2, 0) is 32.0 Å². The van der Waals surface area contributed by atoms with E-state index in [1.165, 1.54) is 14.0 Å². The maximum absolute atomic E-state index is 12.8. The van der Waals surface area contributed by atoms with Gasteiger partial charge in [0.15, 0.2) is 0 Å². The van der Waals surface area contributed by atoms with Gasteiger partial charge in [-0.05, 0) is 24.0 Å². The maximum atomic E-state index is 12.8. The van der Waals surface area contributed by atoms with E-state index in [-0.39, 0.29) is 5.91 Å². The summed E-state index contributed by atoms with van der Waals surface area (Å²) >= 11 is 0. The first-order chi connectivity index (χ1) is 13.5. The first-order valence-corrected chi connectivity index (χ1v) is 9.22. The van der Waals surface area contributed by atoms with E-state index in [9.17, 15) is 14.4 Å². The Morgan fingerprint density at radius 1 is 0.857 bits per heavy atom. The zero-order valence-electron chi connectivity index (χ0n) is 16.2. The molecule has 28 heavy (non-hydrogen) atoms. The maximum Gasteiger partial charge on any atom is 0.328 e. The van der Waals surface area contributed by atoms with Crippen LogP contribution in [0.2, 0.25) is 0 Å². The summed E-state index contributed by atoms with van der Waals surface area (Å²) < 4.78 is 4.84. The average molecular weight is 382 g/mol. The van der Waals surface area contributed by atoms with Crippen molar-refractivity contribution >= 4 is 17.8 Å². The monoisotopic (exact) mass is 382 g/mol. The third-order valence-electron chi connectivity index (χ3n) is 4.34. The number of hydrogen-bond acceptors (Lipinski definition) is 4. The van der Waals surface area contributed by atoms with Gasteiger partial charge in [0.1, 0.15) is 12.1 Å². The van der Waals surface area contributed by atoms with Crippen LogP contribution < -0.4 is 10.6 Å². The minimum atomic E-state index is -0.787. The molecule has 2 aromatic rings. The lowest BCUT2D eigenvalue weighted by Crippen LogP contribution is -2.52. The van der Waals surface area contributed by atoms with Crippen LogP contribution in [0.5, 0.6) is 0 Å². The Morgan fingerprint density at radius 2 is 1.43 bits per heavy atom. The lowest BCUT2D eigenvalue weighted by atomic mass is 10.0. The van der Waals surface area contributed by atoms with E-state index in [0.717, 1.165) is 11.1 Å². The largest absolute Gasteiger partial charge is 0.467 e. The van der Waals surface area contributed by atoms with E-state index in [0.29, 0.717) is 19.3 Å². The summed E-state index contributed by atoms with van der Waals surface area (Å²) in [5, 5.41) is 5.40. The molecule has 0 aliphatic carbocycles. The van der Waals surface area contributed by atoms with Crippen LogP contribution in [-0.4, -0.2) is 37.0 Å². The molecular weight excluding hydrogens is 356 g/mol. The van der Waals surface area contributed by atoms with Crippen LogP contribution in [0.25, 0.3) is 0 Å². The molecule has 0 saturated heterocycles. The zero-order valence-corrected chi connectivity index (χ0v) is 16.2. The van der Waals surface area contributed by atoms with Gasteiger partial charge in [0.05, 0.1) is 7.11 Å².